The van der Waals surface area contributed by atoms with E-state index in [9.17, 15) is 0 Å². The molecule has 2 unspecified atom stereocenters. The SMILES string of the molecule is CC1CCN(C)C1COC1CCC(c2ccccc2)CC1. The van der Waals surface area contributed by atoms with Crippen LogP contribution in [0.1, 0.15) is 50.5 Å². The fourth-order valence-corrected chi connectivity index (χ4v) is 4.01. The van der Waals surface area contributed by atoms with Gasteiger partial charge in [0.05, 0.1) is 12.7 Å². The maximum atomic E-state index is 6.25. The predicted molar refractivity (Wildman–Crippen MR) is 87.6 cm³/mol. The van der Waals surface area contributed by atoms with Crippen LogP contribution >= 0.6 is 0 Å². The summed E-state index contributed by atoms with van der Waals surface area (Å²) < 4.78 is 6.25. The molecule has 21 heavy (non-hydrogen) atoms. The molecule has 0 bridgehead atoms. The Bertz CT molecular complexity index is 414. The van der Waals surface area contributed by atoms with Gasteiger partial charge in [0.2, 0.25) is 0 Å². The molecular weight excluding hydrogens is 258 g/mol. The summed E-state index contributed by atoms with van der Waals surface area (Å²) >= 11 is 0. The van der Waals surface area contributed by atoms with Crippen molar-refractivity contribution in [3.8, 4) is 0 Å². The van der Waals surface area contributed by atoms with E-state index in [1.165, 1.54) is 44.2 Å². The van der Waals surface area contributed by atoms with Gasteiger partial charge in [0, 0.05) is 6.04 Å². The molecule has 2 heteroatoms. The van der Waals surface area contributed by atoms with E-state index in [2.05, 4.69) is 49.2 Å². The van der Waals surface area contributed by atoms with Crippen LogP contribution in [0.2, 0.25) is 0 Å². The van der Waals surface area contributed by atoms with Crippen LogP contribution in [-0.2, 0) is 4.74 Å². The first kappa shape index (κ1) is 15.1. The highest BCUT2D eigenvalue weighted by Gasteiger charge is 2.30. The van der Waals surface area contributed by atoms with E-state index in [0.717, 1.165) is 18.4 Å². The maximum absolute atomic E-state index is 6.25. The number of hydrogen-bond acceptors (Lipinski definition) is 2. The fourth-order valence-electron chi connectivity index (χ4n) is 4.01. The number of benzene rings is 1. The number of hydrogen-bond donors (Lipinski definition) is 0. The monoisotopic (exact) mass is 287 g/mol. The van der Waals surface area contributed by atoms with Gasteiger partial charge in [-0.2, -0.15) is 0 Å². The van der Waals surface area contributed by atoms with Crippen LogP contribution in [0, 0.1) is 5.92 Å². The average Bonchev–Trinajstić information content (AvgIpc) is 2.85. The molecule has 3 rings (SSSR count). The molecule has 1 aromatic carbocycles. The van der Waals surface area contributed by atoms with Crippen LogP contribution in [0.3, 0.4) is 0 Å². The first-order valence-corrected chi connectivity index (χ1v) is 8.61. The second-order valence-electron chi connectivity index (χ2n) is 7.03. The Balaban J connectivity index is 1.44. The van der Waals surface area contributed by atoms with Gasteiger partial charge < -0.3 is 9.64 Å². The zero-order valence-electron chi connectivity index (χ0n) is 13.5. The van der Waals surface area contributed by atoms with Gasteiger partial charge in [-0.05, 0) is 63.1 Å². The van der Waals surface area contributed by atoms with Crippen LogP contribution in [0.15, 0.2) is 30.3 Å². The van der Waals surface area contributed by atoms with Crippen molar-refractivity contribution in [2.45, 2.75) is 57.1 Å². The molecule has 2 atom stereocenters. The highest BCUT2D eigenvalue weighted by atomic mass is 16.5. The van der Waals surface area contributed by atoms with Crippen molar-refractivity contribution >= 4 is 0 Å². The second-order valence-corrected chi connectivity index (χ2v) is 7.03. The van der Waals surface area contributed by atoms with Gasteiger partial charge in [0.1, 0.15) is 0 Å². The molecule has 1 aliphatic carbocycles. The van der Waals surface area contributed by atoms with Crippen LogP contribution in [0.25, 0.3) is 0 Å². The Morgan fingerprint density at radius 2 is 1.76 bits per heavy atom. The lowest BCUT2D eigenvalue weighted by molar-refractivity contribution is -0.00555. The van der Waals surface area contributed by atoms with E-state index in [0.29, 0.717) is 12.1 Å². The summed E-state index contributed by atoms with van der Waals surface area (Å²) in [5.74, 6) is 1.54. The van der Waals surface area contributed by atoms with E-state index >= 15 is 0 Å². The quantitative estimate of drug-likeness (QED) is 0.827. The molecule has 2 nitrogen and oxygen atoms in total. The van der Waals surface area contributed by atoms with Crippen molar-refractivity contribution in [3.63, 3.8) is 0 Å². The van der Waals surface area contributed by atoms with E-state index in [1.54, 1.807) is 0 Å². The minimum atomic E-state index is 0.492. The van der Waals surface area contributed by atoms with Crippen LogP contribution in [0.5, 0.6) is 0 Å². The van der Waals surface area contributed by atoms with Gasteiger partial charge in [-0.1, -0.05) is 37.3 Å². The maximum Gasteiger partial charge on any atom is 0.0628 e. The lowest BCUT2D eigenvalue weighted by Gasteiger charge is -2.31. The summed E-state index contributed by atoms with van der Waals surface area (Å²) in [5, 5.41) is 0. The minimum Gasteiger partial charge on any atom is -0.377 e. The summed E-state index contributed by atoms with van der Waals surface area (Å²) in [4.78, 5) is 2.47. The molecule has 0 amide bonds. The van der Waals surface area contributed by atoms with Crippen molar-refractivity contribution in [3.05, 3.63) is 35.9 Å². The molecule has 0 radical (unpaired) electrons. The van der Waals surface area contributed by atoms with E-state index < -0.39 is 0 Å². The Morgan fingerprint density at radius 3 is 2.38 bits per heavy atom. The summed E-state index contributed by atoms with van der Waals surface area (Å²) in [6.07, 6.45) is 6.83. The van der Waals surface area contributed by atoms with Crippen molar-refractivity contribution < 1.29 is 4.74 Å². The zero-order chi connectivity index (χ0) is 14.7. The summed E-state index contributed by atoms with van der Waals surface area (Å²) in [6, 6.07) is 11.6. The molecule has 1 heterocycles. The Labute approximate surface area is 129 Å². The molecule has 1 aliphatic heterocycles. The fraction of sp³-hybridized carbons (Fsp3) is 0.684. The lowest BCUT2D eigenvalue weighted by Crippen LogP contribution is -2.35. The number of rotatable bonds is 4. The van der Waals surface area contributed by atoms with Gasteiger partial charge >= 0.3 is 0 Å². The smallest absolute Gasteiger partial charge is 0.0628 e. The summed E-state index contributed by atoms with van der Waals surface area (Å²) in [5.41, 5.74) is 1.51. The summed E-state index contributed by atoms with van der Waals surface area (Å²) in [6.45, 7) is 4.53. The Morgan fingerprint density at radius 1 is 1.05 bits per heavy atom. The first-order chi connectivity index (χ1) is 10.2. The van der Waals surface area contributed by atoms with Crippen molar-refractivity contribution in [2.24, 2.45) is 5.92 Å². The largest absolute Gasteiger partial charge is 0.377 e. The molecule has 1 saturated heterocycles. The average molecular weight is 287 g/mol. The van der Waals surface area contributed by atoms with E-state index in [1.807, 2.05) is 0 Å². The predicted octanol–water partition coefficient (Wildman–Crippen LogP) is 4.07. The lowest BCUT2D eigenvalue weighted by atomic mass is 9.83. The van der Waals surface area contributed by atoms with Crippen LogP contribution in [-0.4, -0.2) is 37.2 Å². The zero-order valence-corrected chi connectivity index (χ0v) is 13.5. The molecule has 1 aromatic rings. The normalized spacial score (nSPS) is 34.2. The van der Waals surface area contributed by atoms with Crippen molar-refractivity contribution in [1.29, 1.82) is 0 Å². The standard InChI is InChI=1S/C19H29NO/c1-15-12-13-20(2)19(15)14-21-18-10-8-17(9-11-18)16-6-4-3-5-7-16/h3-7,15,17-19H,8-14H2,1-2H3. The van der Waals surface area contributed by atoms with Crippen molar-refractivity contribution in [2.75, 3.05) is 20.2 Å². The highest BCUT2D eigenvalue weighted by Crippen LogP contribution is 2.34. The molecule has 1 saturated carbocycles. The van der Waals surface area contributed by atoms with Gasteiger partial charge in [-0.3, -0.25) is 0 Å². The van der Waals surface area contributed by atoms with Gasteiger partial charge in [-0.25, -0.2) is 0 Å². The molecule has 0 aromatic heterocycles. The topological polar surface area (TPSA) is 12.5 Å². The Hall–Kier alpha value is -0.860. The molecule has 2 fully saturated rings. The number of likely N-dealkylation sites (tertiary alicyclic amines) is 1. The second kappa shape index (κ2) is 6.93. The third kappa shape index (κ3) is 3.67. The number of likely N-dealkylation sites (N-methyl/N-ethyl adjacent to an activating group) is 1. The van der Waals surface area contributed by atoms with Crippen LogP contribution in [0.4, 0.5) is 0 Å². The van der Waals surface area contributed by atoms with Crippen LogP contribution < -0.4 is 0 Å². The molecule has 0 N–H and O–H groups in total. The third-order valence-electron chi connectivity index (χ3n) is 5.61. The van der Waals surface area contributed by atoms with Gasteiger partial charge in [0.25, 0.3) is 0 Å². The molecule has 2 aliphatic rings. The number of ether oxygens (including phenoxy) is 1. The van der Waals surface area contributed by atoms with E-state index in [-0.39, 0.29) is 0 Å². The molecule has 0 spiro atoms. The van der Waals surface area contributed by atoms with Gasteiger partial charge in [-0.15, -0.1) is 0 Å². The number of nitrogens with zero attached hydrogens (tertiary/aromatic N) is 1. The van der Waals surface area contributed by atoms with E-state index in [4.69, 9.17) is 4.74 Å². The minimum absolute atomic E-state index is 0.492. The van der Waals surface area contributed by atoms with Crippen molar-refractivity contribution in [1.82, 2.24) is 4.90 Å². The first-order valence-electron chi connectivity index (χ1n) is 8.61. The summed E-state index contributed by atoms with van der Waals surface area (Å²) in [7, 11) is 2.24. The Kier molecular flexibility index (Phi) is 4.97. The van der Waals surface area contributed by atoms with Gasteiger partial charge in [0.15, 0.2) is 0 Å². The molecular formula is C19H29NO. The molecule has 116 valence electrons. The third-order valence-corrected chi connectivity index (χ3v) is 5.61. The highest BCUT2D eigenvalue weighted by molar-refractivity contribution is 5.19.